The maximum absolute atomic E-state index is 13.7. The van der Waals surface area contributed by atoms with Gasteiger partial charge in [-0.2, -0.15) is 5.10 Å². The summed E-state index contributed by atoms with van der Waals surface area (Å²) < 4.78 is 10.2. The van der Waals surface area contributed by atoms with Crippen molar-refractivity contribution in [2.45, 2.75) is 58.0 Å². The number of rotatable bonds is 5. The van der Waals surface area contributed by atoms with Gasteiger partial charge < -0.3 is 14.6 Å². The molecule has 0 saturated heterocycles. The number of aromatic nitrogens is 5. The number of carbonyl (C=O) groups is 1. The molecule has 2 fully saturated rings. The van der Waals surface area contributed by atoms with E-state index in [0.29, 0.717) is 47.6 Å². The van der Waals surface area contributed by atoms with Crippen molar-refractivity contribution in [3.63, 3.8) is 0 Å². The Morgan fingerprint density at radius 1 is 1.07 bits per heavy atom. The highest BCUT2D eigenvalue weighted by molar-refractivity contribution is 6.05. The SMILES string of the molecule is Cc1cc2cc(n1)-c1cnn(C)c1OCCCC(C1CC1)Cn1c(nc3cc(NCNC4CC4)ccc31)NC2=O. The van der Waals surface area contributed by atoms with Crippen LogP contribution in [0.2, 0.25) is 0 Å². The van der Waals surface area contributed by atoms with Crippen molar-refractivity contribution < 1.29 is 9.53 Å². The number of hydrogen-bond donors (Lipinski definition) is 3. The second-order valence-corrected chi connectivity index (χ2v) is 11.5. The van der Waals surface area contributed by atoms with Gasteiger partial charge in [-0.3, -0.25) is 20.4 Å². The zero-order valence-electron chi connectivity index (χ0n) is 23.1. The average Bonchev–Trinajstić information content (AvgIpc) is 3.87. The predicted molar refractivity (Wildman–Crippen MR) is 154 cm³/mol. The molecule has 3 aliphatic rings. The van der Waals surface area contributed by atoms with Crippen LogP contribution < -0.4 is 20.7 Å². The van der Waals surface area contributed by atoms with Crippen molar-refractivity contribution in [1.82, 2.24) is 29.6 Å². The van der Waals surface area contributed by atoms with Crippen LogP contribution in [0.25, 0.3) is 22.3 Å². The third-order valence-corrected chi connectivity index (χ3v) is 8.27. The van der Waals surface area contributed by atoms with Crippen molar-refractivity contribution in [3.05, 3.63) is 47.8 Å². The lowest BCUT2D eigenvalue weighted by molar-refractivity contribution is 0.102. The van der Waals surface area contributed by atoms with Crippen LogP contribution >= 0.6 is 0 Å². The van der Waals surface area contributed by atoms with E-state index >= 15 is 0 Å². The van der Waals surface area contributed by atoms with Gasteiger partial charge in [-0.15, -0.1) is 0 Å². The van der Waals surface area contributed by atoms with Crippen LogP contribution in [0.3, 0.4) is 0 Å². The number of carbonyl (C=O) groups excluding carboxylic acids is 1. The Bertz CT molecular complexity index is 1570. The molecule has 1 aliphatic heterocycles. The van der Waals surface area contributed by atoms with E-state index in [2.05, 4.69) is 43.8 Å². The molecule has 2 aliphatic carbocycles. The number of nitrogens with one attached hydrogen (secondary N) is 3. The van der Waals surface area contributed by atoms with Gasteiger partial charge in [0.1, 0.15) is 0 Å². The number of pyridine rings is 1. The fourth-order valence-electron chi connectivity index (χ4n) is 5.78. The molecule has 7 rings (SSSR count). The second kappa shape index (κ2) is 10.2. The summed E-state index contributed by atoms with van der Waals surface area (Å²) in [7, 11) is 1.87. The molecule has 1 unspecified atom stereocenters. The Labute approximate surface area is 233 Å². The van der Waals surface area contributed by atoms with Crippen molar-refractivity contribution in [3.8, 4) is 17.1 Å². The van der Waals surface area contributed by atoms with Gasteiger partial charge in [0.25, 0.3) is 5.91 Å². The van der Waals surface area contributed by atoms with Crippen molar-refractivity contribution in [1.29, 1.82) is 0 Å². The molecule has 4 heterocycles. The fraction of sp³-hybridized carbons (Fsp3) is 0.467. The summed E-state index contributed by atoms with van der Waals surface area (Å²) in [5.74, 6) is 2.24. The first-order valence-corrected chi connectivity index (χ1v) is 14.4. The Hall–Kier alpha value is -3.92. The fourth-order valence-corrected chi connectivity index (χ4v) is 5.78. The summed E-state index contributed by atoms with van der Waals surface area (Å²) in [6, 6.07) is 10.6. The number of fused-ring (bicyclic) bond motifs is 7. The average molecular weight is 541 g/mol. The van der Waals surface area contributed by atoms with Gasteiger partial charge in [0.15, 0.2) is 0 Å². The van der Waals surface area contributed by atoms with Gasteiger partial charge >= 0.3 is 0 Å². The van der Waals surface area contributed by atoms with Crippen molar-refractivity contribution in [2.24, 2.45) is 18.9 Å². The first kappa shape index (κ1) is 25.1. The Morgan fingerprint density at radius 3 is 2.77 bits per heavy atom. The maximum Gasteiger partial charge on any atom is 0.258 e. The monoisotopic (exact) mass is 540 g/mol. The minimum Gasteiger partial charge on any atom is -0.477 e. The molecule has 208 valence electrons. The molecular formula is C30H36N8O2. The smallest absolute Gasteiger partial charge is 0.258 e. The molecule has 2 saturated carbocycles. The molecule has 3 aromatic heterocycles. The third-order valence-electron chi connectivity index (χ3n) is 8.27. The molecule has 4 aromatic rings. The normalized spacial score (nSPS) is 19.6. The summed E-state index contributed by atoms with van der Waals surface area (Å²) in [6.45, 7) is 4.04. The number of amides is 1. The molecule has 3 N–H and O–H groups in total. The third kappa shape index (κ3) is 5.15. The molecule has 2 bridgehead atoms. The van der Waals surface area contributed by atoms with Gasteiger partial charge in [0, 0.05) is 36.6 Å². The van der Waals surface area contributed by atoms with E-state index in [1.165, 1.54) is 25.7 Å². The molecule has 1 atom stereocenters. The van der Waals surface area contributed by atoms with Crippen molar-refractivity contribution >= 4 is 28.6 Å². The van der Waals surface area contributed by atoms with E-state index in [0.717, 1.165) is 54.0 Å². The van der Waals surface area contributed by atoms with E-state index in [1.807, 2.05) is 20.0 Å². The van der Waals surface area contributed by atoms with E-state index < -0.39 is 0 Å². The number of nitrogens with zero attached hydrogens (tertiary/aromatic N) is 5. The predicted octanol–water partition coefficient (Wildman–Crippen LogP) is 4.71. The largest absolute Gasteiger partial charge is 0.477 e. The topological polar surface area (TPSA) is 111 Å². The Morgan fingerprint density at radius 2 is 1.95 bits per heavy atom. The van der Waals surface area contributed by atoms with E-state index in [4.69, 9.17) is 14.7 Å². The van der Waals surface area contributed by atoms with Crippen LogP contribution in [0.15, 0.2) is 36.5 Å². The van der Waals surface area contributed by atoms with E-state index in [1.54, 1.807) is 16.9 Å². The lowest BCUT2D eigenvalue weighted by atomic mass is 9.97. The summed E-state index contributed by atoms with van der Waals surface area (Å²) >= 11 is 0. The molecule has 10 nitrogen and oxygen atoms in total. The zero-order chi connectivity index (χ0) is 27.2. The van der Waals surface area contributed by atoms with Crippen LogP contribution in [0.5, 0.6) is 5.88 Å². The zero-order valence-corrected chi connectivity index (χ0v) is 23.1. The molecule has 40 heavy (non-hydrogen) atoms. The van der Waals surface area contributed by atoms with E-state index in [9.17, 15) is 4.79 Å². The molecule has 1 amide bonds. The number of hydrogen-bond acceptors (Lipinski definition) is 7. The van der Waals surface area contributed by atoms with Crippen LogP contribution in [-0.4, -0.2) is 49.5 Å². The molecule has 1 aromatic carbocycles. The second-order valence-electron chi connectivity index (χ2n) is 11.5. The summed E-state index contributed by atoms with van der Waals surface area (Å²) in [5.41, 5.74) is 5.66. The minimum atomic E-state index is -0.209. The molecular weight excluding hydrogens is 504 g/mol. The molecule has 0 radical (unpaired) electrons. The summed E-state index contributed by atoms with van der Waals surface area (Å²) in [6.07, 6.45) is 8.76. The highest BCUT2D eigenvalue weighted by Gasteiger charge is 2.32. The van der Waals surface area contributed by atoms with Gasteiger partial charge in [0.05, 0.1) is 41.8 Å². The van der Waals surface area contributed by atoms with E-state index in [-0.39, 0.29) is 5.91 Å². The number of aryl methyl sites for hydroxylation is 2. The first-order valence-electron chi connectivity index (χ1n) is 14.4. The molecule has 10 heteroatoms. The van der Waals surface area contributed by atoms with Crippen LogP contribution in [0.1, 0.15) is 54.6 Å². The Balaban J connectivity index is 1.26. The number of benzene rings is 1. The number of imidazole rings is 1. The van der Waals surface area contributed by atoms with Crippen LogP contribution in [-0.2, 0) is 13.6 Å². The highest BCUT2D eigenvalue weighted by Crippen LogP contribution is 2.41. The first-order chi connectivity index (χ1) is 19.5. The summed E-state index contributed by atoms with van der Waals surface area (Å²) in [4.78, 5) is 23.3. The highest BCUT2D eigenvalue weighted by atomic mass is 16.5. The quantitative estimate of drug-likeness (QED) is 0.314. The maximum atomic E-state index is 13.7. The van der Waals surface area contributed by atoms with Gasteiger partial charge in [-0.1, -0.05) is 0 Å². The lowest BCUT2D eigenvalue weighted by Gasteiger charge is -2.19. The lowest BCUT2D eigenvalue weighted by Crippen LogP contribution is -2.23. The number of ether oxygens (including phenoxy) is 1. The van der Waals surface area contributed by atoms with Gasteiger partial charge in [-0.05, 0) is 87.6 Å². The molecule has 0 spiro atoms. The van der Waals surface area contributed by atoms with Gasteiger partial charge in [-0.25, -0.2) is 9.67 Å². The number of anilines is 2. The standard InChI is InChI=1S/C30H36N8O2/c1-18-12-21-13-25(34-18)24-15-33-37(2)29(24)40-11-3-4-20(19-5-6-19)16-38-27-10-9-23(32-17-31-22-7-8-22)14-26(27)35-30(38)36-28(21)39/h9-10,12-15,19-20,22,31-32H,3-8,11,16-17H2,1-2H3,(H,35,36,39). The van der Waals surface area contributed by atoms with Gasteiger partial charge in [0.2, 0.25) is 11.8 Å². The summed E-state index contributed by atoms with van der Waals surface area (Å²) in [5, 5.41) is 14.5. The van der Waals surface area contributed by atoms with Crippen LogP contribution in [0, 0.1) is 18.8 Å². The van der Waals surface area contributed by atoms with Crippen molar-refractivity contribution in [2.75, 3.05) is 23.9 Å². The Kier molecular flexibility index (Phi) is 6.42. The minimum absolute atomic E-state index is 0.209. The van der Waals surface area contributed by atoms with Crippen LogP contribution in [0.4, 0.5) is 11.6 Å².